The predicted molar refractivity (Wildman–Crippen MR) is 88.7 cm³/mol. The lowest BCUT2D eigenvalue weighted by atomic mass is 10.1. The van der Waals surface area contributed by atoms with Gasteiger partial charge in [0.15, 0.2) is 0 Å². The molecule has 1 fully saturated rings. The molecule has 1 unspecified atom stereocenters. The first-order chi connectivity index (χ1) is 10.6. The average molecular weight is 368 g/mol. The number of benzene rings is 1. The minimum absolute atomic E-state index is 0.111. The van der Waals surface area contributed by atoms with Gasteiger partial charge in [-0.2, -0.15) is 0 Å². The van der Waals surface area contributed by atoms with Gasteiger partial charge in [-0.15, -0.1) is 0 Å². The second kappa shape index (κ2) is 8.32. The summed E-state index contributed by atoms with van der Waals surface area (Å²) in [6.07, 6.45) is 4.55. The van der Waals surface area contributed by atoms with Crippen molar-refractivity contribution in [1.82, 2.24) is 4.90 Å². The first kappa shape index (κ1) is 17.0. The SMILES string of the molecule is CCCCCOC(=O)C1CCCN1C(=O)c1ccccc1Br. The Kier molecular flexibility index (Phi) is 6.43. The zero-order valence-corrected chi connectivity index (χ0v) is 14.5. The molecule has 1 atom stereocenters. The molecular weight excluding hydrogens is 346 g/mol. The van der Waals surface area contributed by atoms with Crippen molar-refractivity contribution in [3.63, 3.8) is 0 Å². The number of rotatable bonds is 6. The number of halogens is 1. The van der Waals surface area contributed by atoms with E-state index in [2.05, 4.69) is 22.9 Å². The van der Waals surface area contributed by atoms with Crippen LogP contribution in [0.2, 0.25) is 0 Å². The fourth-order valence-corrected chi connectivity index (χ4v) is 3.12. The second-order valence-electron chi connectivity index (χ2n) is 5.51. The van der Waals surface area contributed by atoms with Crippen LogP contribution in [0.4, 0.5) is 0 Å². The number of hydrogen-bond donors (Lipinski definition) is 0. The van der Waals surface area contributed by atoms with E-state index in [1.54, 1.807) is 11.0 Å². The second-order valence-corrected chi connectivity index (χ2v) is 6.37. The summed E-state index contributed by atoms with van der Waals surface area (Å²) in [4.78, 5) is 26.5. The van der Waals surface area contributed by atoms with E-state index in [9.17, 15) is 9.59 Å². The molecule has 1 aromatic rings. The van der Waals surface area contributed by atoms with E-state index in [1.807, 2.05) is 18.2 Å². The van der Waals surface area contributed by atoms with Crippen molar-refractivity contribution in [2.75, 3.05) is 13.2 Å². The number of hydrogen-bond acceptors (Lipinski definition) is 3. The zero-order chi connectivity index (χ0) is 15.9. The molecule has 0 saturated carbocycles. The van der Waals surface area contributed by atoms with Gasteiger partial charge in [-0.05, 0) is 47.3 Å². The Morgan fingerprint density at radius 3 is 2.82 bits per heavy atom. The minimum atomic E-state index is -0.443. The monoisotopic (exact) mass is 367 g/mol. The van der Waals surface area contributed by atoms with E-state index in [1.165, 1.54) is 0 Å². The van der Waals surface area contributed by atoms with Crippen molar-refractivity contribution >= 4 is 27.8 Å². The lowest BCUT2D eigenvalue weighted by molar-refractivity contribution is -0.148. The maximum Gasteiger partial charge on any atom is 0.328 e. The maximum atomic E-state index is 12.6. The fraction of sp³-hybridized carbons (Fsp3) is 0.529. The molecule has 0 N–H and O–H groups in total. The summed E-state index contributed by atoms with van der Waals surface area (Å²) in [6.45, 7) is 3.16. The number of carbonyl (C=O) groups excluding carboxylic acids is 2. The third-order valence-corrected chi connectivity index (χ3v) is 4.57. The Hall–Kier alpha value is -1.36. The van der Waals surface area contributed by atoms with Gasteiger partial charge in [-0.1, -0.05) is 31.9 Å². The van der Waals surface area contributed by atoms with Crippen molar-refractivity contribution in [3.8, 4) is 0 Å². The van der Waals surface area contributed by atoms with E-state index in [0.717, 1.165) is 30.2 Å². The van der Waals surface area contributed by atoms with E-state index < -0.39 is 6.04 Å². The van der Waals surface area contributed by atoms with Crippen LogP contribution in [0.15, 0.2) is 28.7 Å². The van der Waals surface area contributed by atoms with E-state index in [4.69, 9.17) is 4.74 Å². The van der Waals surface area contributed by atoms with Crippen LogP contribution >= 0.6 is 15.9 Å². The number of esters is 1. The molecule has 1 heterocycles. The quantitative estimate of drug-likeness (QED) is 0.567. The largest absolute Gasteiger partial charge is 0.464 e. The Bertz CT molecular complexity index is 532. The highest BCUT2D eigenvalue weighted by atomic mass is 79.9. The smallest absolute Gasteiger partial charge is 0.328 e. The molecule has 5 heteroatoms. The molecule has 0 aliphatic carbocycles. The number of likely N-dealkylation sites (tertiary alicyclic amines) is 1. The number of ether oxygens (including phenoxy) is 1. The maximum absolute atomic E-state index is 12.6. The van der Waals surface area contributed by atoms with Gasteiger partial charge in [0, 0.05) is 11.0 Å². The van der Waals surface area contributed by atoms with E-state index in [-0.39, 0.29) is 11.9 Å². The highest BCUT2D eigenvalue weighted by Gasteiger charge is 2.36. The lowest BCUT2D eigenvalue weighted by Gasteiger charge is -2.23. The summed E-state index contributed by atoms with van der Waals surface area (Å²) in [6, 6.07) is 6.85. The van der Waals surface area contributed by atoms with Gasteiger partial charge < -0.3 is 9.64 Å². The van der Waals surface area contributed by atoms with Crippen LogP contribution in [-0.4, -0.2) is 36.0 Å². The summed E-state index contributed by atoms with van der Waals surface area (Å²) in [5.41, 5.74) is 0.591. The third kappa shape index (κ3) is 4.09. The number of amides is 1. The summed E-state index contributed by atoms with van der Waals surface area (Å²) in [5.74, 6) is -0.380. The van der Waals surface area contributed by atoms with Crippen LogP contribution in [0.3, 0.4) is 0 Å². The van der Waals surface area contributed by atoms with Gasteiger partial charge >= 0.3 is 5.97 Å². The van der Waals surface area contributed by atoms with Gasteiger partial charge in [0.25, 0.3) is 5.91 Å². The summed E-state index contributed by atoms with van der Waals surface area (Å²) >= 11 is 3.40. The number of unbranched alkanes of at least 4 members (excludes halogenated alkanes) is 2. The standard InChI is InChI=1S/C17H22BrNO3/c1-2-3-6-12-22-17(21)15-10-7-11-19(15)16(20)13-8-4-5-9-14(13)18/h4-5,8-9,15H,2-3,6-7,10-12H2,1H3. The van der Waals surface area contributed by atoms with Crippen LogP contribution < -0.4 is 0 Å². The Morgan fingerprint density at radius 1 is 1.32 bits per heavy atom. The molecule has 120 valence electrons. The van der Waals surface area contributed by atoms with Crippen LogP contribution in [0.1, 0.15) is 49.4 Å². The van der Waals surface area contributed by atoms with Crippen molar-refractivity contribution in [1.29, 1.82) is 0 Å². The van der Waals surface area contributed by atoms with E-state index >= 15 is 0 Å². The number of carbonyl (C=O) groups is 2. The van der Waals surface area contributed by atoms with Gasteiger partial charge in [-0.25, -0.2) is 4.79 Å². The Morgan fingerprint density at radius 2 is 2.09 bits per heavy atom. The van der Waals surface area contributed by atoms with Crippen LogP contribution in [0.25, 0.3) is 0 Å². The molecule has 1 amide bonds. The Labute approximate surface area is 140 Å². The zero-order valence-electron chi connectivity index (χ0n) is 12.9. The highest BCUT2D eigenvalue weighted by molar-refractivity contribution is 9.10. The molecular formula is C17H22BrNO3. The van der Waals surface area contributed by atoms with Gasteiger partial charge in [-0.3, -0.25) is 4.79 Å². The molecule has 2 rings (SSSR count). The molecule has 1 aliphatic heterocycles. The molecule has 1 aliphatic rings. The van der Waals surface area contributed by atoms with Gasteiger partial charge in [0.05, 0.1) is 12.2 Å². The predicted octanol–water partition coefficient (Wildman–Crippen LogP) is 3.79. The molecule has 4 nitrogen and oxygen atoms in total. The molecule has 1 aromatic carbocycles. The first-order valence-electron chi connectivity index (χ1n) is 7.87. The topological polar surface area (TPSA) is 46.6 Å². The Balaban J connectivity index is 1.99. The molecule has 0 spiro atoms. The van der Waals surface area contributed by atoms with Crippen LogP contribution in [0.5, 0.6) is 0 Å². The highest BCUT2D eigenvalue weighted by Crippen LogP contribution is 2.24. The average Bonchev–Trinajstić information content (AvgIpc) is 3.01. The first-order valence-corrected chi connectivity index (χ1v) is 8.66. The fourth-order valence-electron chi connectivity index (χ4n) is 2.67. The van der Waals surface area contributed by atoms with Crippen LogP contribution in [0, 0.1) is 0 Å². The third-order valence-electron chi connectivity index (χ3n) is 3.88. The molecule has 22 heavy (non-hydrogen) atoms. The summed E-state index contributed by atoms with van der Waals surface area (Å²) in [5, 5.41) is 0. The molecule has 0 aromatic heterocycles. The molecule has 0 radical (unpaired) electrons. The van der Waals surface area contributed by atoms with Crippen molar-refractivity contribution in [2.24, 2.45) is 0 Å². The number of nitrogens with zero attached hydrogens (tertiary/aromatic N) is 1. The van der Waals surface area contributed by atoms with Gasteiger partial charge in [0.2, 0.25) is 0 Å². The summed E-state index contributed by atoms with van der Waals surface area (Å²) in [7, 11) is 0. The molecule has 0 bridgehead atoms. The normalized spacial score (nSPS) is 17.5. The van der Waals surface area contributed by atoms with Crippen molar-refractivity contribution in [3.05, 3.63) is 34.3 Å². The van der Waals surface area contributed by atoms with E-state index in [0.29, 0.717) is 25.1 Å². The molecule has 1 saturated heterocycles. The minimum Gasteiger partial charge on any atom is -0.464 e. The van der Waals surface area contributed by atoms with Crippen molar-refractivity contribution < 1.29 is 14.3 Å². The van der Waals surface area contributed by atoms with Crippen molar-refractivity contribution in [2.45, 2.75) is 45.1 Å². The van der Waals surface area contributed by atoms with Gasteiger partial charge in [0.1, 0.15) is 6.04 Å². The lowest BCUT2D eigenvalue weighted by Crippen LogP contribution is -2.41. The summed E-state index contributed by atoms with van der Waals surface area (Å²) < 4.78 is 6.08. The van der Waals surface area contributed by atoms with Crippen LogP contribution in [-0.2, 0) is 9.53 Å².